The molecule has 0 unspecified atom stereocenters. The van der Waals surface area contributed by atoms with E-state index < -0.39 is 0 Å². The Hall–Kier alpha value is -0.570. The van der Waals surface area contributed by atoms with Crippen molar-refractivity contribution in [3.05, 3.63) is 0 Å². The van der Waals surface area contributed by atoms with E-state index in [0.29, 0.717) is 5.91 Å². The number of carbonyl (C=O) groups excluding carboxylic acids is 1. The van der Waals surface area contributed by atoms with E-state index in [4.69, 9.17) is 0 Å². The van der Waals surface area contributed by atoms with Crippen LogP contribution in [0, 0.1) is 5.92 Å². The molecular weight excluding hydrogens is 200 g/mol. The lowest BCUT2D eigenvalue weighted by Gasteiger charge is -2.30. The Morgan fingerprint density at radius 1 is 1.31 bits per heavy atom. The second-order valence-electron chi connectivity index (χ2n) is 5.23. The molecule has 1 saturated carbocycles. The van der Waals surface area contributed by atoms with Crippen LogP contribution in [-0.4, -0.2) is 36.5 Å². The SMILES string of the molecule is CCCN(CC1CC1)C(=O)[C@H]1CCCCN1. The van der Waals surface area contributed by atoms with Gasteiger partial charge in [-0.05, 0) is 44.6 Å². The monoisotopic (exact) mass is 224 g/mol. The molecule has 2 aliphatic rings. The molecule has 2 fully saturated rings. The molecule has 1 saturated heterocycles. The summed E-state index contributed by atoms with van der Waals surface area (Å²) in [5, 5.41) is 3.36. The van der Waals surface area contributed by atoms with Gasteiger partial charge in [0.15, 0.2) is 0 Å². The molecule has 92 valence electrons. The number of hydrogen-bond acceptors (Lipinski definition) is 2. The molecule has 1 aliphatic carbocycles. The zero-order valence-corrected chi connectivity index (χ0v) is 10.4. The fourth-order valence-corrected chi connectivity index (χ4v) is 2.46. The third-order valence-electron chi connectivity index (χ3n) is 3.59. The van der Waals surface area contributed by atoms with Crippen LogP contribution in [0.1, 0.15) is 45.4 Å². The fraction of sp³-hybridized carbons (Fsp3) is 0.923. The van der Waals surface area contributed by atoms with E-state index in [1.54, 1.807) is 0 Å². The first-order chi connectivity index (χ1) is 7.81. The molecule has 1 amide bonds. The van der Waals surface area contributed by atoms with Crippen LogP contribution in [0.3, 0.4) is 0 Å². The van der Waals surface area contributed by atoms with Gasteiger partial charge in [0.1, 0.15) is 0 Å². The predicted molar refractivity (Wildman–Crippen MR) is 65.2 cm³/mol. The molecule has 1 atom stereocenters. The summed E-state index contributed by atoms with van der Waals surface area (Å²) in [6.07, 6.45) is 7.18. The van der Waals surface area contributed by atoms with E-state index in [2.05, 4.69) is 17.1 Å². The highest BCUT2D eigenvalue weighted by Crippen LogP contribution is 2.30. The molecular formula is C13H24N2O. The molecule has 0 spiro atoms. The Morgan fingerprint density at radius 2 is 2.12 bits per heavy atom. The van der Waals surface area contributed by atoms with Crippen molar-refractivity contribution in [2.75, 3.05) is 19.6 Å². The zero-order valence-electron chi connectivity index (χ0n) is 10.4. The average Bonchev–Trinajstić information content (AvgIpc) is 3.13. The standard InChI is InChI=1S/C13H24N2O/c1-2-9-15(10-11-6-7-11)13(16)12-5-3-4-8-14-12/h11-12,14H,2-10H2,1H3/t12-/m1/s1. The van der Waals surface area contributed by atoms with E-state index in [1.807, 2.05) is 0 Å². The molecule has 0 aromatic carbocycles. The first kappa shape index (κ1) is 11.9. The van der Waals surface area contributed by atoms with Crippen LogP contribution in [0.15, 0.2) is 0 Å². The predicted octanol–water partition coefficient (Wildman–Crippen LogP) is 1.78. The molecule has 2 rings (SSSR count). The van der Waals surface area contributed by atoms with Crippen LogP contribution < -0.4 is 5.32 Å². The molecule has 1 heterocycles. The first-order valence-electron chi connectivity index (χ1n) is 6.83. The van der Waals surface area contributed by atoms with Gasteiger partial charge in [-0.25, -0.2) is 0 Å². The van der Waals surface area contributed by atoms with E-state index >= 15 is 0 Å². The van der Waals surface area contributed by atoms with E-state index in [0.717, 1.165) is 38.4 Å². The minimum Gasteiger partial charge on any atom is -0.341 e. The molecule has 3 nitrogen and oxygen atoms in total. The number of nitrogens with one attached hydrogen (secondary N) is 1. The third-order valence-corrected chi connectivity index (χ3v) is 3.59. The molecule has 1 aliphatic heterocycles. The number of rotatable bonds is 5. The summed E-state index contributed by atoms with van der Waals surface area (Å²) in [5.41, 5.74) is 0. The Balaban J connectivity index is 1.86. The third kappa shape index (κ3) is 3.21. The van der Waals surface area contributed by atoms with Crippen molar-refractivity contribution in [1.82, 2.24) is 10.2 Å². The van der Waals surface area contributed by atoms with Gasteiger partial charge in [-0.2, -0.15) is 0 Å². The molecule has 0 bridgehead atoms. The van der Waals surface area contributed by atoms with Gasteiger partial charge in [-0.15, -0.1) is 0 Å². The molecule has 3 heteroatoms. The lowest BCUT2D eigenvalue weighted by Crippen LogP contribution is -2.49. The highest BCUT2D eigenvalue weighted by Gasteiger charge is 2.30. The summed E-state index contributed by atoms with van der Waals surface area (Å²) in [6.45, 7) is 5.11. The fourth-order valence-electron chi connectivity index (χ4n) is 2.46. The van der Waals surface area contributed by atoms with Crippen molar-refractivity contribution in [3.8, 4) is 0 Å². The highest BCUT2D eigenvalue weighted by molar-refractivity contribution is 5.82. The van der Waals surface area contributed by atoms with Gasteiger partial charge in [0.25, 0.3) is 0 Å². The lowest BCUT2D eigenvalue weighted by atomic mass is 10.0. The van der Waals surface area contributed by atoms with Gasteiger partial charge in [0.05, 0.1) is 6.04 Å². The van der Waals surface area contributed by atoms with Crippen molar-refractivity contribution >= 4 is 5.91 Å². The van der Waals surface area contributed by atoms with Crippen molar-refractivity contribution in [1.29, 1.82) is 0 Å². The number of amides is 1. The quantitative estimate of drug-likeness (QED) is 0.772. The molecule has 16 heavy (non-hydrogen) atoms. The molecule has 0 aromatic rings. The number of hydrogen-bond donors (Lipinski definition) is 1. The van der Waals surface area contributed by atoms with E-state index in [9.17, 15) is 4.79 Å². The van der Waals surface area contributed by atoms with Crippen LogP contribution in [0.2, 0.25) is 0 Å². The molecule has 1 N–H and O–H groups in total. The molecule has 0 radical (unpaired) electrons. The van der Waals surface area contributed by atoms with Crippen molar-refractivity contribution in [2.24, 2.45) is 5.92 Å². The average molecular weight is 224 g/mol. The summed E-state index contributed by atoms with van der Waals surface area (Å²) in [4.78, 5) is 14.4. The summed E-state index contributed by atoms with van der Waals surface area (Å²) in [6, 6.07) is 0.110. The maximum Gasteiger partial charge on any atom is 0.239 e. The number of carbonyl (C=O) groups is 1. The van der Waals surface area contributed by atoms with Crippen LogP contribution in [0.25, 0.3) is 0 Å². The summed E-state index contributed by atoms with van der Waals surface area (Å²) in [7, 11) is 0. The summed E-state index contributed by atoms with van der Waals surface area (Å²) in [5.74, 6) is 1.16. The van der Waals surface area contributed by atoms with Crippen molar-refractivity contribution in [3.63, 3.8) is 0 Å². The number of nitrogens with zero attached hydrogens (tertiary/aromatic N) is 1. The van der Waals surface area contributed by atoms with E-state index in [-0.39, 0.29) is 6.04 Å². The van der Waals surface area contributed by atoms with Gasteiger partial charge in [-0.1, -0.05) is 13.3 Å². The lowest BCUT2D eigenvalue weighted by molar-refractivity contribution is -0.134. The maximum absolute atomic E-state index is 12.3. The van der Waals surface area contributed by atoms with Crippen molar-refractivity contribution in [2.45, 2.75) is 51.5 Å². The van der Waals surface area contributed by atoms with Gasteiger partial charge in [-0.3, -0.25) is 4.79 Å². The van der Waals surface area contributed by atoms with Crippen LogP contribution in [0.5, 0.6) is 0 Å². The van der Waals surface area contributed by atoms with Crippen LogP contribution in [0.4, 0.5) is 0 Å². The second-order valence-corrected chi connectivity index (χ2v) is 5.23. The highest BCUT2D eigenvalue weighted by atomic mass is 16.2. The topological polar surface area (TPSA) is 32.3 Å². The zero-order chi connectivity index (χ0) is 11.4. The summed E-state index contributed by atoms with van der Waals surface area (Å²) < 4.78 is 0. The maximum atomic E-state index is 12.3. The molecule has 0 aromatic heterocycles. The van der Waals surface area contributed by atoms with E-state index in [1.165, 1.54) is 25.7 Å². The van der Waals surface area contributed by atoms with Gasteiger partial charge in [0, 0.05) is 13.1 Å². The number of piperidine rings is 1. The van der Waals surface area contributed by atoms with Crippen LogP contribution >= 0.6 is 0 Å². The Kier molecular flexibility index (Phi) is 4.22. The Bertz CT molecular complexity index is 232. The van der Waals surface area contributed by atoms with Crippen molar-refractivity contribution < 1.29 is 4.79 Å². The smallest absolute Gasteiger partial charge is 0.239 e. The summed E-state index contributed by atoms with van der Waals surface area (Å²) >= 11 is 0. The minimum atomic E-state index is 0.110. The minimum absolute atomic E-state index is 0.110. The first-order valence-corrected chi connectivity index (χ1v) is 6.83. The normalized spacial score (nSPS) is 25.4. The Morgan fingerprint density at radius 3 is 2.69 bits per heavy atom. The van der Waals surface area contributed by atoms with Crippen LogP contribution in [-0.2, 0) is 4.79 Å². The van der Waals surface area contributed by atoms with Gasteiger partial charge in [0.2, 0.25) is 5.91 Å². The second kappa shape index (κ2) is 5.67. The Labute approximate surface area is 98.6 Å². The van der Waals surface area contributed by atoms with Gasteiger partial charge >= 0.3 is 0 Å². The van der Waals surface area contributed by atoms with Gasteiger partial charge < -0.3 is 10.2 Å². The largest absolute Gasteiger partial charge is 0.341 e.